The summed E-state index contributed by atoms with van der Waals surface area (Å²) in [5.74, 6) is 1.27. The molecule has 0 saturated heterocycles. The largest absolute Gasteiger partial charge is 0.346 e. The van der Waals surface area contributed by atoms with Crippen molar-refractivity contribution >= 4 is 27.6 Å². The normalized spacial score (nSPS) is 13.7. The Kier molecular flexibility index (Phi) is 5.36. The molecule has 1 amide bonds. The highest BCUT2D eigenvalue weighted by atomic mass is 79.9. The van der Waals surface area contributed by atoms with Crippen molar-refractivity contribution < 1.29 is 4.79 Å². The van der Waals surface area contributed by atoms with Crippen molar-refractivity contribution in [2.45, 2.75) is 39.2 Å². The summed E-state index contributed by atoms with van der Waals surface area (Å²) in [4.78, 5) is 21.1. The Hall–Kier alpha value is -2.28. The van der Waals surface area contributed by atoms with Crippen molar-refractivity contribution in [2.75, 3.05) is 0 Å². The monoisotopic (exact) mass is 415 g/mol. The van der Waals surface area contributed by atoms with Gasteiger partial charge in [0.15, 0.2) is 5.82 Å². The first kappa shape index (κ1) is 18.5. The molecule has 2 aromatic heterocycles. The molecule has 1 N–H and O–H groups in total. The fourth-order valence-corrected chi connectivity index (χ4v) is 3.63. The number of rotatable bonds is 6. The summed E-state index contributed by atoms with van der Waals surface area (Å²) in [6, 6.07) is 9.84. The lowest BCUT2D eigenvalue weighted by molar-refractivity contribution is -0.122. The maximum Gasteiger partial charge on any atom is 0.252 e. The Labute approximate surface area is 161 Å². The highest BCUT2D eigenvalue weighted by Gasteiger charge is 2.30. The minimum atomic E-state index is -0.466. The summed E-state index contributed by atoms with van der Waals surface area (Å²) < 4.78 is 2.57. The van der Waals surface area contributed by atoms with Gasteiger partial charge in [0.1, 0.15) is 0 Å². The Morgan fingerprint density at radius 2 is 2.15 bits per heavy atom. The summed E-state index contributed by atoms with van der Waals surface area (Å²) in [5.41, 5.74) is 0.602. The molecule has 0 saturated carbocycles. The Morgan fingerprint density at radius 1 is 1.35 bits per heavy atom. The number of benzene rings is 1. The molecule has 0 radical (unpaired) electrons. The fourth-order valence-electron chi connectivity index (χ4n) is 3.24. The van der Waals surface area contributed by atoms with Gasteiger partial charge in [0.05, 0.1) is 12.0 Å². The van der Waals surface area contributed by atoms with E-state index in [1.807, 2.05) is 18.2 Å². The van der Waals surface area contributed by atoms with Crippen LogP contribution in [0.3, 0.4) is 0 Å². The van der Waals surface area contributed by atoms with Crippen molar-refractivity contribution in [3.63, 3.8) is 0 Å². The molecule has 0 unspecified atom stereocenters. The van der Waals surface area contributed by atoms with Crippen LogP contribution in [0.2, 0.25) is 0 Å². The number of nitrogens with zero attached hydrogens (tertiary/aromatic N) is 4. The average molecular weight is 416 g/mol. The van der Waals surface area contributed by atoms with Crippen LogP contribution < -0.4 is 5.32 Å². The van der Waals surface area contributed by atoms with Gasteiger partial charge in [-0.2, -0.15) is 4.98 Å². The lowest BCUT2D eigenvalue weighted by atomic mass is 9.84. The van der Waals surface area contributed by atoms with Crippen LogP contribution in [0.25, 0.3) is 5.78 Å². The SMILES string of the molecule is CC(C)C[C@@](C)(NC(=O)Cc1nc2ncccn2n1)c1cccc(Br)c1. The average Bonchev–Trinajstić information content (AvgIpc) is 2.95. The quantitative estimate of drug-likeness (QED) is 0.668. The fraction of sp³-hybridized carbons (Fsp3) is 0.368. The lowest BCUT2D eigenvalue weighted by Gasteiger charge is -2.33. The number of carbonyl (C=O) groups is 1. The summed E-state index contributed by atoms with van der Waals surface area (Å²) in [5, 5.41) is 7.50. The van der Waals surface area contributed by atoms with Crippen molar-refractivity contribution in [3.8, 4) is 0 Å². The Morgan fingerprint density at radius 3 is 2.85 bits per heavy atom. The minimum Gasteiger partial charge on any atom is -0.346 e. The van der Waals surface area contributed by atoms with E-state index in [-0.39, 0.29) is 12.3 Å². The standard InChI is InChI=1S/C19H22BrN5O/c1-13(2)12-19(3,14-6-4-7-15(20)10-14)23-17(26)11-16-22-18-21-8-5-9-25(18)24-16/h4-10,13H,11-12H2,1-3H3,(H,23,26)/t19-/m1/s1. The maximum atomic E-state index is 12.7. The molecule has 1 atom stereocenters. The number of halogens is 1. The number of amides is 1. The summed E-state index contributed by atoms with van der Waals surface area (Å²) in [7, 11) is 0. The number of aromatic nitrogens is 4. The smallest absolute Gasteiger partial charge is 0.252 e. The number of fused-ring (bicyclic) bond motifs is 1. The molecule has 6 nitrogen and oxygen atoms in total. The van der Waals surface area contributed by atoms with Gasteiger partial charge in [-0.1, -0.05) is 41.9 Å². The van der Waals surface area contributed by atoms with E-state index in [4.69, 9.17) is 0 Å². The van der Waals surface area contributed by atoms with Crippen LogP contribution in [0, 0.1) is 5.92 Å². The predicted molar refractivity (Wildman–Crippen MR) is 104 cm³/mol. The van der Waals surface area contributed by atoms with Crippen LogP contribution in [0.5, 0.6) is 0 Å². The third-order valence-corrected chi connectivity index (χ3v) is 4.67. The van der Waals surface area contributed by atoms with E-state index in [1.54, 1.807) is 23.0 Å². The van der Waals surface area contributed by atoms with E-state index in [2.05, 4.69) is 63.2 Å². The molecule has 0 aliphatic heterocycles. The molecular weight excluding hydrogens is 394 g/mol. The zero-order valence-corrected chi connectivity index (χ0v) is 16.7. The lowest BCUT2D eigenvalue weighted by Crippen LogP contribution is -2.45. The molecule has 0 aliphatic carbocycles. The molecular formula is C19H22BrN5O. The first-order valence-corrected chi connectivity index (χ1v) is 9.38. The molecule has 0 fully saturated rings. The third-order valence-electron chi connectivity index (χ3n) is 4.17. The van der Waals surface area contributed by atoms with Gasteiger partial charge in [-0.3, -0.25) is 4.79 Å². The van der Waals surface area contributed by atoms with E-state index >= 15 is 0 Å². The zero-order valence-electron chi connectivity index (χ0n) is 15.1. The van der Waals surface area contributed by atoms with E-state index in [0.717, 1.165) is 16.5 Å². The summed E-state index contributed by atoms with van der Waals surface area (Å²) in [6.45, 7) is 6.36. The van der Waals surface area contributed by atoms with Crippen molar-refractivity contribution in [1.29, 1.82) is 0 Å². The molecule has 26 heavy (non-hydrogen) atoms. The van der Waals surface area contributed by atoms with Crippen LogP contribution in [-0.4, -0.2) is 25.5 Å². The van der Waals surface area contributed by atoms with Crippen molar-refractivity contribution in [3.05, 3.63) is 58.6 Å². The third kappa shape index (κ3) is 4.27. The van der Waals surface area contributed by atoms with Gasteiger partial charge in [-0.05, 0) is 43.0 Å². The van der Waals surface area contributed by atoms with E-state index in [1.165, 1.54) is 0 Å². The van der Waals surface area contributed by atoms with Gasteiger partial charge in [0.25, 0.3) is 5.78 Å². The topological polar surface area (TPSA) is 72.2 Å². The summed E-state index contributed by atoms with van der Waals surface area (Å²) >= 11 is 3.52. The van der Waals surface area contributed by atoms with E-state index in [9.17, 15) is 4.79 Å². The number of hydrogen-bond acceptors (Lipinski definition) is 4. The molecule has 2 heterocycles. The molecule has 1 aromatic carbocycles. The number of carbonyl (C=O) groups excluding carboxylic acids is 1. The van der Waals surface area contributed by atoms with Gasteiger partial charge in [-0.25, -0.2) is 9.50 Å². The Bertz CT molecular complexity index is 890. The van der Waals surface area contributed by atoms with Gasteiger partial charge >= 0.3 is 0 Å². The van der Waals surface area contributed by atoms with Crippen molar-refractivity contribution in [2.24, 2.45) is 5.92 Å². The molecule has 3 rings (SSSR count). The van der Waals surface area contributed by atoms with Gasteiger partial charge in [0.2, 0.25) is 5.91 Å². The second kappa shape index (κ2) is 7.53. The van der Waals surface area contributed by atoms with Crippen LogP contribution in [0.1, 0.15) is 38.6 Å². The van der Waals surface area contributed by atoms with Crippen LogP contribution in [0.4, 0.5) is 0 Å². The van der Waals surface area contributed by atoms with E-state index in [0.29, 0.717) is 17.5 Å². The molecule has 0 bridgehead atoms. The Balaban J connectivity index is 1.80. The molecule has 3 aromatic rings. The molecule has 136 valence electrons. The first-order chi connectivity index (χ1) is 12.4. The first-order valence-electron chi connectivity index (χ1n) is 8.59. The number of hydrogen-bond donors (Lipinski definition) is 1. The van der Waals surface area contributed by atoms with Crippen LogP contribution in [0.15, 0.2) is 47.2 Å². The van der Waals surface area contributed by atoms with E-state index < -0.39 is 5.54 Å². The summed E-state index contributed by atoms with van der Waals surface area (Å²) in [6.07, 6.45) is 4.36. The molecule has 0 spiro atoms. The highest BCUT2D eigenvalue weighted by molar-refractivity contribution is 9.10. The van der Waals surface area contributed by atoms with Crippen LogP contribution in [-0.2, 0) is 16.8 Å². The number of nitrogens with one attached hydrogen (secondary N) is 1. The molecule has 7 heteroatoms. The van der Waals surface area contributed by atoms with Gasteiger partial charge < -0.3 is 5.32 Å². The maximum absolute atomic E-state index is 12.7. The zero-order chi connectivity index (χ0) is 18.7. The second-order valence-electron chi connectivity index (χ2n) is 7.06. The van der Waals surface area contributed by atoms with Crippen molar-refractivity contribution in [1.82, 2.24) is 24.9 Å². The highest BCUT2D eigenvalue weighted by Crippen LogP contribution is 2.30. The predicted octanol–water partition coefficient (Wildman–Crippen LogP) is 3.51. The van der Waals surface area contributed by atoms with Gasteiger partial charge in [-0.15, -0.1) is 5.10 Å². The van der Waals surface area contributed by atoms with Crippen LogP contribution >= 0.6 is 15.9 Å². The van der Waals surface area contributed by atoms with Gasteiger partial charge in [0, 0.05) is 16.9 Å². The second-order valence-corrected chi connectivity index (χ2v) is 7.97. The minimum absolute atomic E-state index is 0.107. The molecule has 0 aliphatic rings.